The van der Waals surface area contributed by atoms with Crippen LogP contribution in [0.2, 0.25) is 0 Å². The number of nitrogens with two attached hydrogens (primary N) is 1. The summed E-state index contributed by atoms with van der Waals surface area (Å²) in [6.07, 6.45) is 0. The summed E-state index contributed by atoms with van der Waals surface area (Å²) in [5, 5.41) is 5.32. The Morgan fingerprint density at radius 2 is 1.86 bits per heavy atom. The molecule has 0 saturated heterocycles. The minimum Gasteiger partial charge on any atom is -0.482 e. The first-order chi connectivity index (χ1) is 10.5. The van der Waals surface area contributed by atoms with Crippen molar-refractivity contribution in [3.8, 4) is 5.75 Å². The highest BCUT2D eigenvalue weighted by molar-refractivity contribution is 5.93. The Balaban J connectivity index is 1.95. The van der Waals surface area contributed by atoms with Crippen molar-refractivity contribution in [2.75, 3.05) is 23.0 Å². The van der Waals surface area contributed by atoms with Gasteiger partial charge in [0.2, 0.25) is 5.91 Å². The maximum atomic E-state index is 11.9. The van der Waals surface area contributed by atoms with Gasteiger partial charge < -0.3 is 21.1 Å². The van der Waals surface area contributed by atoms with Gasteiger partial charge in [0.05, 0.1) is 5.69 Å². The summed E-state index contributed by atoms with van der Waals surface area (Å²) in [7, 11) is 0. The largest absolute Gasteiger partial charge is 0.482 e. The average molecular weight is 299 g/mol. The number of para-hydroxylation sites is 2. The van der Waals surface area contributed by atoms with Crippen LogP contribution in [0.4, 0.5) is 17.1 Å². The Hall–Kier alpha value is -3.02. The Kier molecular flexibility index (Phi) is 4.98. The summed E-state index contributed by atoms with van der Waals surface area (Å²) in [4.78, 5) is 23.0. The molecule has 0 fully saturated rings. The van der Waals surface area contributed by atoms with Gasteiger partial charge in [0, 0.05) is 18.3 Å². The molecule has 2 aromatic rings. The summed E-state index contributed by atoms with van der Waals surface area (Å²) in [6.45, 7) is 1.23. The van der Waals surface area contributed by atoms with Crippen molar-refractivity contribution in [2.24, 2.45) is 0 Å². The molecule has 0 heterocycles. The number of rotatable bonds is 5. The lowest BCUT2D eigenvalue weighted by atomic mass is 10.3. The first kappa shape index (κ1) is 15.4. The van der Waals surface area contributed by atoms with E-state index in [0.29, 0.717) is 22.8 Å². The Labute approximate surface area is 128 Å². The second-order valence-electron chi connectivity index (χ2n) is 4.64. The number of ether oxygens (including phenoxy) is 1. The van der Waals surface area contributed by atoms with Crippen LogP contribution >= 0.6 is 0 Å². The van der Waals surface area contributed by atoms with E-state index in [-0.39, 0.29) is 18.4 Å². The second kappa shape index (κ2) is 7.12. The van der Waals surface area contributed by atoms with Crippen LogP contribution in [-0.2, 0) is 9.59 Å². The number of nitrogens with one attached hydrogen (secondary N) is 2. The Bertz CT molecular complexity index is 686. The van der Waals surface area contributed by atoms with Crippen molar-refractivity contribution in [3.63, 3.8) is 0 Å². The van der Waals surface area contributed by atoms with E-state index < -0.39 is 0 Å². The van der Waals surface area contributed by atoms with Crippen LogP contribution < -0.4 is 21.1 Å². The minimum atomic E-state index is -0.316. The molecule has 0 aliphatic heterocycles. The van der Waals surface area contributed by atoms with E-state index in [2.05, 4.69) is 10.6 Å². The van der Waals surface area contributed by atoms with E-state index >= 15 is 0 Å². The van der Waals surface area contributed by atoms with E-state index in [9.17, 15) is 9.59 Å². The fraction of sp³-hybridized carbons (Fsp3) is 0.125. The lowest BCUT2D eigenvalue weighted by molar-refractivity contribution is -0.118. The molecule has 22 heavy (non-hydrogen) atoms. The van der Waals surface area contributed by atoms with Crippen LogP contribution in [0.25, 0.3) is 0 Å². The van der Waals surface area contributed by atoms with Gasteiger partial charge in [0.15, 0.2) is 6.61 Å². The van der Waals surface area contributed by atoms with Crippen LogP contribution in [0.1, 0.15) is 6.92 Å². The number of carbonyl (C=O) groups is 2. The number of carbonyl (C=O) groups excluding carboxylic acids is 2. The highest BCUT2D eigenvalue weighted by Gasteiger charge is 2.08. The van der Waals surface area contributed by atoms with Crippen LogP contribution in [0, 0.1) is 0 Å². The molecule has 0 saturated carbocycles. The van der Waals surface area contributed by atoms with Crippen LogP contribution in [0.3, 0.4) is 0 Å². The molecule has 0 atom stereocenters. The molecule has 0 unspecified atom stereocenters. The quantitative estimate of drug-likeness (QED) is 0.738. The number of anilines is 3. The van der Waals surface area contributed by atoms with E-state index in [1.165, 1.54) is 6.92 Å². The molecule has 2 aromatic carbocycles. The van der Waals surface area contributed by atoms with Crippen molar-refractivity contribution < 1.29 is 14.3 Å². The van der Waals surface area contributed by atoms with Crippen LogP contribution in [0.5, 0.6) is 5.75 Å². The van der Waals surface area contributed by atoms with Gasteiger partial charge in [-0.3, -0.25) is 9.59 Å². The van der Waals surface area contributed by atoms with Crippen molar-refractivity contribution in [2.45, 2.75) is 6.92 Å². The average Bonchev–Trinajstić information content (AvgIpc) is 2.46. The monoisotopic (exact) mass is 299 g/mol. The fourth-order valence-electron chi connectivity index (χ4n) is 1.84. The van der Waals surface area contributed by atoms with Crippen molar-refractivity contribution in [1.82, 2.24) is 0 Å². The third-order valence-electron chi connectivity index (χ3n) is 2.73. The topological polar surface area (TPSA) is 93.4 Å². The number of hydrogen-bond acceptors (Lipinski definition) is 4. The van der Waals surface area contributed by atoms with E-state index in [1.807, 2.05) is 0 Å². The summed E-state index contributed by atoms with van der Waals surface area (Å²) in [6, 6.07) is 13.8. The molecule has 0 spiro atoms. The molecule has 0 aliphatic carbocycles. The summed E-state index contributed by atoms with van der Waals surface area (Å²) >= 11 is 0. The molecule has 114 valence electrons. The molecular weight excluding hydrogens is 282 g/mol. The third-order valence-corrected chi connectivity index (χ3v) is 2.73. The van der Waals surface area contributed by atoms with Gasteiger partial charge in [-0.1, -0.05) is 18.2 Å². The van der Waals surface area contributed by atoms with E-state index in [1.54, 1.807) is 48.5 Å². The third kappa shape index (κ3) is 4.52. The molecule has 0 bridgehead atoms. The summed E-state index contributed by atoms with van der Waals surface area (Å²) in [5.41, 5.74) is 7.33. The summed E-state index contributed by atoms with van der Waals surface area (Å²) in [5.74, 6) is -0.0936. The van der Waals surface area contributed by atoms with Crippen molar-refractivity contribution in [3.05, 3.63) is 48.5 Å². The normalized spacial score (nSPS) is 9.86. The van der Waals surface area contributed by atoms with Gasteiger partial charge in [-0.05, 0) is 30.3 Å². The molecule has 2 amide bonds. The van der Waals surface area contributed by atoms with Gasteiger partial charge >= 0.3 is 0 Å². The van der Waals surface area contributed by atoms with Gasteiger partial charge in [-0.2, -0.15) is 0 Å². The number of hydrogen-bond donors (Lipinski definition) is 3. The molecule has 0 aromatic heterocycles. The Morgan fingerprint density at radius 1 is 1.09 bits per heavy atom. The molecule has 6 heteroatoms. The number of nitrogen functional groups attached to an aromatic ring is 1. The molecule has 0 aliphatic rings. The SMILES string of the molecule is CC(=O)Nc1ccccc1OCC(=O)Nc1cccc(N)c1. The maximum absolute atomic E-state index is 11.9. The first-order valence-electron chi connectivity index (χ1n) is 6.69. The van der Waals surface area contributed by atoms with Gasteiger partial charge in [0.1, 0.15) is 5.75 Å². The van der Waals surface area contributed by atoms with E-state index in [0.717, 1.165) is 0 Å². The Morgan fingerprint density at radius 3 is 2.59 bits per heavy atom. The highest BCUT2D eigenvalue weighted by Crippen LogP contribution is 2.23. The van der Waals surface area contributed by atoms with Crippen LogP contribution in [0.15, 0.2) is 48.5 Å². The highest BCUT2D eigenvalue weighted by atomic mass is 16.5. The van der Waals surface area contributed by atoms with Crippen LogP contribution in [-0.4, -0.2) is 18.4 Å². The predicted molar refractivity (Wildman–Crippen MR) is 85.7 cm³/mol. The first-order valence-corrected chi connectivity index (χ1v) is 6.69. The smallest absolute Gasteiger partial charge is 0.262 e. The zero-order valence-electron chi connectivity index (χ0n) is 12.1. The van der Waals surface area contributed by atoms with Gasteiger partial charge in [-0.15, -0.1) is 0 Å². The maximum Gasteiger partial charge on any atom is 0.262 e. The zero-order chi connectivity index (χ0) is 15.9. The molecule has 4 N–H and O–H groups in total. The number of amides is 2. The van der Waals surface area contributed by atoms with E-state index in [4.69, 9.17) is 10.5 Å². The fourth-order valence-corrected chi connectivity index (χ4v) is 1.84. The predicted octanol–water partition coefficient (Wildman–Crippen LogP) is 2.24. The molecular formula is C16H17N3O3. The van der Waals surface area contributed by atoms with Gasteiger partial charge in [-0.25, -0.2) is 0 Å². The lowest BCUT2D eigenvalue weighted by Gasteiger charge is -2.11. The minimum absolute atomic E-state index is 0.175. The molecule has 0 radical (unpaired) electrons. The number of benzene rings is 2. The summed E-state index contributed by atoms with van der Waals surface area (Å²) < 4.78 is 5.44. The lowest BCUT2D eigenvalue weighted by Crippen LogP contribution is -2.20. The zero-order valence-corrected chi connectivity index (χ0v) is 12.1. The molecule has 2 rings (SSSR count). The molecule has 6 nitrogen and oxygen atoms in total. The van der Waals surface area contributed by atoms with Gasteiger partial charge in [0.25, 0.3) is 5.91 Å². The van der Waals surface area contributed by atoms with Crippen molar-refractivity contribution in [1.29, 1.82) is 0 Å². The van der Waals surface area contributed by atoms with Crippen molar-refractivity contribution >= 4 is 28.9 Å². The standard InChI is InChI=1S/C16H17N3O3/c1-11(20)18-14-7-2-3-8-15(14)22-10-16(21)19-13-6-4-5-12(17)9-13/h2-9H,10,17H2,1H3,(H,18,20)(H,19,21). The second-order valence-corrected chi connectivity index (χ2v) is 4.64.